The molecule has 1 fully saturated rings. The molecule has 2 rings (SSSR count). The fourth-order valence-corrected chi connectivity index (χ4v) is 3.60. The summed E-state index contributed by atoms with van der Waals surface area (Å²) in [4.78, 5) is 0. The van der Waals surface area contributed by atoms with Crippen LogP contribution in [0.25, 0.3) is 0 Å². The van der Waals surface area contributed by atoms with Gasteiger partial charge >= 0.3 is 0 Å². The van der Waals surface area contributed by atoms with Gasteiger partial charge in [0.15, 0.2) is 11.6 Å². The zero-order chi connectivity index (χ0) is 16.1. The maximum absolute atomic E-state index is 14.4. The van der Waals surface area contributed by atoms with E-state index in [0.717, 1.165) is 38.0 Å². The summed E-state index contributed by atoms with van der Waals surface area (Å²) in [5.74, 6) is -0.291. The van der Waals surface area contributed by atoms with Crippen molar-refractivity contribution in [2.75, 3.05) is 0 Å². The molecule has 0 amide bonds. The third-order valence-corrected chi connectivity index (χ3v) is 5.03. The molecule has 122 valence electrons. The van der Waals surface area contributed by atoms with Crippen LogP contribution >= 0.6 is 0 Å². The lowest BCUT2D eigenvalue weighted by Gasteiger charge is -2.29. The molecule has 0 spiro atoms. The van der Waals surface area contributed by atoms with E-state index in [-0.39, 0.29) is 11.8 Å². The molecule has 0 nitrogen and oxygen atoms in total. The van der Waals surface area contributed by atoms with E-state index >= 15 is 0 Å². The van der Waals surface area contributed by atoms with Crippen molar-refractivity contribution in [3.05, 3.63) is 47.0 Å². The van der Waals surface area contributed by atoms with Crippen molar-refractivity contribution in [2.24, 2.45) is 5.92 Å². The van der Waals surface area contributed by atoms with Crippen LogP contribution in [0.1, 0.15) is 82.3 Å². The molecular weight excluding hydrogens is 278 g/mol. The Kier molecular flexibility index (Phi) is 6.16. The van der Waals surface area contributed by atoms with Crippen LogP contribution in [0.3, 0.4) is 0 Å². The van der Waals surface area contributed by atoms with Gasteiger partial charge < -0.3 is 0 Å². The Balaban J connectivity index is 2.01. The molecule has 0 heterocycles. The van der Waals surface area contributed by atoms with Gasteiger partial charge in [-0.3, -0.25) is 0 Å². The Bertz CT molecular complexity index is 509. The minimum Gasteiger partial charge on any atom is -0.203 e. The SMILES string of the molecule is CC=CCCC1CCC(c2ccc(C(C)C)c(F)c2F)CC1. The molecule has 1 aliphatic carbocycles. The van der Waals surface area contributed by atoms with Crippen LogP contribution in [0.2, 0.25) is 0 Å². The van der Waals surface area contributed by atoms with Crippen LogP contribution in [0.4, 0.5) is 8.78 Å². The van der Waals surface area contributed by atoms with Crippen molar-refractivity contribution in [2.45, 2.75) is 71.1 Å². The summed E-state index contributed by atoms with van der Waals surface area (Å²) in [7, 11) is 0. The van der Waals surface area contributed by atoms with Gasteiger partial charge in [0.2, 0.25) is 0 Å². The van der Waals surface area contributed by atoms with E-state index in [9.17, 15) is 8.78 Å². The molecule has 0 atom stereocenters. The first-order valence-electron chi connectivity index (χ1n) is 8.63. The molecular formula is C20H28F2. The molecule has 0 unspecified atom stereocenters. The lowest BCUT2D eigenvalue weighted by molar-refractivity contribution is 0.306. The van der Waals surface area contributed by atoms with Crippen LogP contribution in [-0.2, 0) is 0 Å². The summed E-state index contributed by atoms with van der Waals surface area (Å²) in [6.45, 7) is 5.84. The van der Waals surface area contributed by atoms with Gasteiger partial charge in [0.25, 0.3) is 0 Å². The lowest BCUT2D eigenvalue weighted by Crippen LogP contribution is -2.15. The fraction of sp³-hybridized carbons (Fsp3) is 0.600. The van der Waals surface area contributed by atoms with Crippen molar-refractivity contribution in [1.82, 2.24) is 0 Å². The molecule has 0 aromatic heterocycles. The Morgan fingerprint density at radius 2 is 1.77 bits per heavy atom. The second-order valence-corrected chi connectivity index (χ2v) is 6.89. The molecule has 0 radical (unpaired) electrons. The number of benzene rings is 1. The highest BCUT2D eigenvalue weighted by Crippen LogP contribution is 2.39. The first kappa shape index (κ1) is 17.2. The van der Waals surface area contributed by atoms with Crippen LogP contribution in [0.15, 0.2) is 24.3 Å². The molecule has 1 aliphatic rings. The van der Waals surface area contributed by atoms with Crippen molar-refractivity contribution >= 4 is 0 Å². The summed E-state index contributed by atoms with van der Waals surface area (Å²) in [6.07, 6.45) is 10.9. The molecule has 0 saturated heterocycles. The van der Waals surface area contributed by atoms with Crippen molar-refractivity contribution in [1.29, 1.82) is 0 Å². The van der Waals surface area contributed by atoms with E-state index in [4.69, 9.17) is 0 Å². The smallest absolute Gasteiger partial charge is 0.162 e. The standard InChI is InChI=1S/C20H28F2/c1-4-5-6-7-15-8-10-16(11-9-15)18-13-12-17(14(2)3)19(21)20(18)22/h4-5,12-16H,6-11H2,1-3H3. The minimum atomic E-state index is -0.636. The molecule has 0 bridgehead atoms. The van der Waals surface area contributed by atoms with Crippen molar-refractivity contribution in [3.8, 4) is 0 Å². The van der Waals surface area contributed by atoms with Gasteiger partial charge in [-0.25, -0.2) is 8.78 Å². The predicted molar refractivity (Wildman–Crippen MR) is 89.2 cm³/mol. The summed E-state index contributed by atoms with van der Waals surface area (Å²) in [6, 6.07) is 3.59. The van der Waals surface area contributed by atoms with Crippen LogP contribution < -0.4 is 0 Å². The van der Waals surface area contributed by atoms with Gasteiger partial charge in [-0.2, -0.15) is 0 Å². The average molecular weight is 306 g/mol. The highest BCUT2D eigenvalue weighted by molar-refractivity contribution is 5.31. The molecule has 22 heavy (non-hydrogen) atoms. The summed E-state index contributed by atoms with van der Waals surface area (Å²) in [5, 5.41) is 0. The second-order valence-electron chi connectivity index (χ2n) is 6.89. The largest absolute Gasteiger partial charge is 0.203 e. The zero-order valence-electron chi connectivity index (χ0n) is 14.0. The highest BCUT2D eigenvalue weighted by Gasteiger charge is 2.26. The van der Waals surface area contributed by atoms with E-state index in [1.807, 2.05) is 19.9 Å². The van der Waals surface area contributed by atoms with Crippen LogP contribution in [-0.4, -0.2) is 0 Å². The number of allylic oxidation sites excluding steroid dienone is 2. The van der Waals surface area contributed by atoms with Gasteiger partial charge in [-0.15, -0.1) is 0 Å². The van der Waals surface area contributed by atoms with Gasteiger partial charge in [0.05, 0.1) is 0 Å². The van der Waals surface area contributed by atoms with Crippen molar-refractivity contribution < 1.29 is 8.78 Å². The molecule has 1 saturated carbocycles. The van der Waals surface area contributed by atoms with Gasteiger partial charge in [-0.05, 0) is 74.3 Å². The first-order chi connectivity index (χ1) is 10.5. The van der Waals surface area contributed by atoms with Gasteiger partial charge in [-0.1, -0.05) is 38.1 Å². The topological polar surface area (TPSA) is 0 Å². The normalized spacial score (nSPS) is 22.6. The molecule has 0 N–H and O–H groups in total. The van der Waals surface area contributed by atoms with E-state index in [1.54, 1.807) is 6.07 Å². The predicted octanol–water partition coefficient (Wildman–Crippen LogP) is 6.72. The summed E-state index contributed by atoms with van der Waals surface area (Å²) < 4.78 is 28.5. The third-order valence-electron chi connectivity index (χ3n) is 5.03. The number of hydrogen-bond donors (Lipinski definition) is 0. The van der Waals surface area contributed by atoms with Crippen molar-refractivity contribution in [3.63, 3.8) is 0 Å². The number of hydrogen-bond acceptors (Lipinski definition) is 0. The maximum atomic E-state index is 14.4. The van der Waals surface area contributed by atoms with E-state index in [0.29, 0.717) is 11.1 Å². The minimum absolute atomic E-state index is 0.0194. The Hall–Kier alpha value is -1.18. The van der Waals surface area contributed by atoms with Gasteiger partial charge in [0, 0.05) is 0 Å². The Morgan fingerprint density at radius 3 is 2.36 bits per heavy atom. The lowest BCUT2D eigenvalue weighted by atomic mass is 9.76. The number of halogens is 2. The summed E-state index contributed by atoms with van der Waals surface area (Å²) >= 11 is 0. The number of rotatable bonds is 5. The van der Waals surface area contributed by atoms with Crippen LogP contribution in [0, 0.1) is 17.6 Å². The average Bonchev–Trinajstić information content (AvgIpc) is 2.51. The quantitative estimate of drug-likeness (QED) is 0.530. The highest BCUT2D eigenvalue weighted by atomic mass is 19.2. The monoisotopic (exact) mass is 306 g/mol. The summed E-state index contributed by atoms with van der Waals surface area (Å²) in [5.41, 5.74) is 1.08. The fourth-order valence-electron chi connectivity index (χ4n) is 3.60. The second kappa shape index (κ2) is 7.89. The van der Waals surface area contributed by atoms with E-state index < -0.39 is 11.6 Å². The molecule has 2 heteroatoms. The van der Waals surface area contributed by atoms with Crippen LogP contribution in [0.5, 0.6) is 0 Å². The van der Waals surface area contributed by atoms with Gasteiger partial charge in [0.1, 0.15) is 0 Å². The Morgan fingerprint density at radius 1 is 1.09 bits per heavy atom. The first-order valence-corrected chi connectivity index (χ1v) is 8.63. The zero-order valence-corrected chi connectivity index (χ0v) is 14.0. The van der Waals surface area contributed by atoms with E-state index in [1.165, 1.54) is 6.42 Å². The maximum Gasteiger partial charge on any atom is 0.162 e. The molecule has 1 aromatic carbocycles. The Labute approximate surface area is 133 Å². The molecule has 0 aliphatic heterocycles. The molecule has 1 aromatic rings. The van der Waals surface area contributed by atoms with E-state index in [2.05, 4.69) is 19.1 Å². The third kappa shape index (κ3) is 3.97.